The van der Waals surface area contributed by atoms with Crippen molar-refractivity contribution in [3.63, 3.8) is 0 Å². The van der Waals surface area contributed by atoms with Crippen molar-refractivity contribution in [1.82, 2.24) is 10.2 Å². The summed E-state index contributed by atoms with van der Waals surface area (Å²) in [6.45, 7) is 6.15. The first-order chi connectivity index (χ1) is 15.3. The molecule has 0 fully saturated rings. The largest absolute Gasteiger partial charge is 0.454 e. The molecule has 6 nitrogen and oxygen atoms in total. The molecular weight excluding hydrogens is 451 g/mol. The summed E-state index contributed by atoms with van der Waals surface area (Å²) < 4.78 is 10.8. The molecule has 1 aliphatic rings. The van der Waals surface area contributed by atoms with Crippen LogP contribution >= 0.6 is 23.2 Å². The lowest BCUT2D eigenvalue weighted by molar-refractivity contribution is -0.140. The molecule has 0 aliphatic carbocycles. The minimum Gasteiger partial charge on any atom is -0.454 e. The molecule has 0 aromatic heterocycles. The van der Waals surface area contributed by atoms with E-state index < -0.39 is 6.04 Å². The Labute approximate surface area is 198 Å². The van der Waals surface area contributed by atoms with Crippen LogP contribution in [0.2, 0.25) is 10.0 Å². The minimum absolute atomic E-state index is 0.0283. The summed E-state index contributed by atoms with van der Waals surface area (Å²) in [5.74, 6) is 1.08. The van der Waals surface area contributed by atoms with Crippen LogP contribution in [0.4, 0.5) is 0 Å². The van der Waals surface area contributed by atoms with Crippen LogP contribution in [-0.2, 0) is 22.6 Å². The van der Waals surface area contributed by atoms with Gasteiger partial charge in [-0.3, -0.25) is 9.59 Å². The van der Waals surface area contributed by atoms with Gasteiger partial charge in [-0.15, -0.1) is 0 Å². The topological polar surface area (TPSA) is 67.9 Å². The number of hydrogen-bond donors (Lipinski definition) is 1. The van der Waals surface area contributed by atoms with E-state index in [9.17, 15) is 9.59 Å². The van der Waals surface area contributed by atoms with E-state index in [-0.39, 0.29) is 37.6 Å². The third kappa shape index (κ3) is 6.08. The van der Waals surface area contributed by atoms with E-state index in [2.05, 4.69) is 5.32 Å². The average Bonchev–Trinajstić information content (AvgIpc) is 3.25. The molecule has 2 aromatic carbocycles. The predicted octanol–water partition coefficient (Wildman–Crippen LogP) is 4.99. The molecule has 2 amide bonds. The zero-order valence-corrected chi connectivity index (χ0v) is 20.0. The Bertz CT molecular complexity index is 982. The van der Waals surface area contributed by atoms with Crippen molar-refractivity contribution < 1.29 is 19.1 Å². The number of rotatable bonds is 9. The number of ether oxygens (including phenoxy) is 2. The summed E-state index contributed by atoms with van der Waals surface area (Å²) in [7, 11) is 0. The number of aryl methyl sites for hydroxylation is 1. The maximum Gasteiger partial charge on any atom is 0.242 e. The predicted molar refractivity (Wildman–Crippen MR) is 125 cm³/mol. The van der Waals surface area contributed by atoms with Crippen molar-refractivity contribution in [2.45, 2.75) is 58.7 Å². The Morgan fingerprint density at radius 1 is 1.03 bits per heavy atom. The Hall–Kier alpha value is -2.44. The Kier molecular flexibility index (Phi) is 8.26. The highest BCUT2D eigenvalue weighted by molar-refractivity contribution is 6.42. The number of nitrogens with one attached hydrogen (secondary N) is 1. The molecule has 0 bridgehead atoms. The van der Waals surface area contributed by atoms with Crippen molar-refractivity contribution in [2.75, 3.05) is 6.79 Å². The fourth-order valence-electron chi connectivity index (χ4n) is 3.37. The fraction of sp³-hybridized carbons (Fsp3) is 0.417. The Balaban J connectivity index is 1.74. The van der Waals surface area contributed by atoms with Crippen LogP contribution in [0.3, 0.4) is 0 Å². The number of hydrogen-bond acceptors (Lipinski definition) is 4. The van der Waals surface area contributed by atoms with E-state index in [0.717, 1.165) is 17.5 Å². The molecule has 0 saturated heterocycles. The monoisotopic (exact) mass is 478 g/mol. The van der Waals surface area contributed by atoms with Crippen LogP contribution in [0.5, 0.6) is 11.5 Å². The van der Waals surface area contributed by atoms with Gasteiger partial charge >= 0.3 is 0 Å². The van der Waals surface area contributed by atoms with Crippen molar-refractivity contribution >= 4 is 35.0 Å². The summed E-state index contributed by atoms with van der Waals surface area (Å²) in [4.78, 5) is 27.6. The lowest BCUT2D eigenvalue weighted by atomic mass is 10.1. The van der Waals surface area contributed by atoms with E-state index in [1.54, 1.807) is 24.0 Å². The maximum absolute atomic E-state index is 13.2. The van der Waals surface area contributed by atoms with Crippen LogP contribution in [0.15, 0.2) is 36.4 Å². The first kappa shape index (κ1) is 24.2. The molecule has 1 aliphatic heterocycles. The van der Waals surface area contributed by atoms with Gasteiger partial charge in [-0.05, 0) is 62.1 Å². The SMILES string of the molecule is CC[C@@H](C)NC(=O)[C@@H](C)N(Cc1ccc(Cl)c(Cl)c1)C(=O)CCc1ccc2c(c1)OCO2. The number of carbonyl (C=O) groups excluding carboxylic acids is 2. The summed E-state index contributed by atoms with van der Waals surface area (Å²) in [6.07, 6.45) is 1.58. The minimum atomic E-state index is -0.636. The average molecular weight is 479 g/mol. The molecule has 0 spiro atoms. The van der Waals surface area contributed by atoms with Crippen molar-refractivity contribution in [3.8, 4) is 11.5 Å². The van der Waals surface area contributed by atoms with E-state index in [1.165, 1.54) is 0 Å². The first-order valence-electron chi connectivity index (χ1n) is 10.7. The van der Waals surface area contributed by atoms with E-state index in [4.69, 9.17) is 32.7 Å². The van der Waals surface area contributed by atoms with E-state index in [0.29, 0.717) is 28.0 Å². The second-order valence-corrected chi connectivity index (χ2v) is 8.77. The van der Waals surface area contributed by atoms with E-state index >= 15 is 0 Å². The number of fused-ring (bicyclic) bond motifs is 1. The summed E-state index contributed by atoms with van der Waals surface area (Å²) in [5, 5.41) is 3.82. The highest BCUT2D eigenvalue weighted by atomic mass is 35.5. The highest BCUT2D eigenvalue weighted by Gasteiger charge is 2.27. The molecule has 2 atom stereocenters. The van der Waals surface area contributed by atoms with Crippen LogP contribution in [0, 0.1) is 0 Å². The van der Waals surface area contributed by atoms with Crippen LogP contribution < -0.4 is 14.8 Å². The Morgan fingerprint density at radius 2 is 1.75 bits per heavy atom. The Morgan fingerprint density at radius 3 is 2.47 bits per heavy atom. The zero-order chi connectivity index (χ0) is 23.3. The van der Waals surface area contributed by atoms with Gasteiger partial charge in [-0.25, -0.2) is 0 Å². The first-order valence-corrected chi connectivity index (χ1v) is 11.5. The smallest absolute Gasteiger partial charge is 0.242 e. The number of carbonyl (C=O) groups is 2. The number of amides is 2. The van der Waals surface area contributed by atoms with Gasteiger partial charge in [0.1, 0.15) is 6.04 Å². The lowest BCUT2D eigenvalue weighted by Crippen LogP contribution is -2.49. The lowest BCUT2D eigenvalue weighted by Gasteiger charge is -2.30. The fourth-order valence-corrected chi connectivity index (χ4v) is 3.69. The summed E-state index contributed by atoms with van der Waals surface area (Å²) in [5.41, 5.74) is 1.77. The standard InChI is InChI=1S/C24H28Cl2N2O4/c1-4-15(2)27-24(30)16(3)28(13-18-5-8-19(25)20(26)11-18)23(29)10-7-17-6-9-21-22(12-17)32-14-31-21/h5-6,8-9,11-12,15-16H,4,7,10,13-14H2,1-3H3,(H,27,30)/t15-,16-/m1/s1. The van der Waals surface area contributed by atoms with Gasteiger partial charge in [0.2, 0.25) is 18.6 Å². The van der Waals surface area contributed by atoms with Crippen molar-refractivity contribution in [1.29, 1.82) is 0 Å². The van der Waals surface area contributed by atoms with Crippen LogP contribution in [-0.4, -0.2) is 35.6 Å². The zero-order valence-electron chi connectivity index (χ0n) is 18.5. The molecule has 32 heavy (non-hydrogen) atoms. The van der Waals surface area contributed by atoms with Gasteiger partial charge < -0.3 is 19.7 Å². The van der Waals surface area contributed by atoms with E-state index in [1.807, 2.05) is 38.1 Å². The number of nitrogens with zero attached hydrogens (tertiary/aromatic N) is 1. The molecule has 8 heteroatoms. The summed E-state index contributed by atoms with van der Waals surface area (Å²) >= 11 is 12.2. The van der Waals surface area contributed by atoms with Gasteiger partial charge in [0.05, 0.1) is 10.0 Å². The van der Waals surface area contributed by atoms with Gasteiger partial charge in [-0.2, -0.15) is 0 Å². The number of benzene rings is 2. The number of halogens is 2. The van der Waals surface area contributed by atoms with Crippen molar-refractivity contribution in [3.05, 3.63) is 57.6 Å². The van der Waals surface area contributed by atoms with Gasteiger partial charge in [-0.1, -0.05) is 42.3 Å². The highest BCUT2D eigenvalue weighted by Crippen LogP contribution is 2.33. The normalized spacial score (nSPS) is 14.0. The molecule has 3 rings (SSSR count). The molecule has 1 N–H and O–H groups in total. The molecule has 0 saturated carbocycles. The van der Waals surface area contributed by atoms with Crippen LogP contribution in [0.1, 0.15) is 44.7 Å². The quantitative estimate of drug-likeness (QED) is 0.551. The van der Waals surface area contributed by atoms with Gasteiger partial charge in [0.15, 0.2) is 11.5 Å². The third-order valence-electron chi connectivity index (χ3n) is 5.57. The molecule has 0 unspecified atom stereocenters. The second-order valence-electron chi connectivity index (χ2n) is 7.95. The maximum atomic E-state index is 13.2. The van der Waals surface area contributed by atoms with Gasteiger partial charge in [0, 0.05) is 19.0 Å². The molecule has 2 aromatic rings. The molecule has 172 valence electrons. The summed E-state index contributed by atoms with van der Waals surface area (Å²) in [6, 6.07) is 10.3. The third-order valence-corrected chi connectivity index (χ3v) is 6.31. The van der Waals surface area contributed by atoms with Crippen LogP contribution in [0.25, 0.3) is 0 Å². The molecular formula is C24H28Cl2N2O4. The van der Waals surface area contributed by atoms with Crippen molar-refractivity contribution in [2.24, 2.45) is 0 Å². The second kappa shape index (κ2) is 10.9. The molecule has 1 heterocycles. The molecule has 0 radical (unpaired) electrons. The van der Waals surface area contributed by atoms with Gasteiger partial charge in [0.25, 0.3) is 0 Å².